The van der Waals surface area contributed by atoms with Crippen molar-refractivity contribution in [3.63, 3.8) is 0 Å². The van der Waals surface area contributed by atoms with E-state index in [9.17, 15) is 9.65 Å². The molecule has 4 aromatic rings. The van der Waals surface area contributed by atoms with Crippen molar-refractivity contribution in [2.75, 3.05) is 0 Å². The second kappa shape index (κ2) is 7.27. The van der Waals surface area contributed by atoms with Crippen molar-refractivity contribution in [1.82, 2.24) is 10.2 Å². The van der Waals surface area contributed by atoms with Gasteiger partial charge in [0.15, 0.2) is 0 Å². The Bertz CT molecular complexity index is 1320. The summed E-state index contributed by atoms with van der Waals surface area (Å²) in [6, 6.07) is 24.4. The minimum absolute atomic E-state index is 0.253. The first kappa shape index (κ1) is 18.3. The van der Waals surface area contributed by atoms with Crippen LogP contribution in [0.1, 0.15) is 40.7 Å². The zero-order chi connectivity index (χ0) is 20.7. The quantitative estimate of drug-likeness (QED) is 0.417. The third kappa shape index (κ3) is 3.00. The Kier molecular flexibility index (Phi) is 4.44. The molecule has 4 heteroatoms. The lowest BCUT2D eigenvalue weighted by molar-refractivity contribution is 0.588. The van der Waals surface area contributed by atoms with E-state index < -0.39 is 5.95 Å². The van der Waals surface area contributed by atoms with E-state index in [0.29, 0.717) is 17.0 Å². The Labute approximate surface area is 174 Å². The Morgan fingerprint density at radius 1 is 1.00 bits per heavy atom. The van der Waals surface area contributed by atoms with Gasteiger partial charge in [-0.25, -0.2) is 0 Å². The lowest BCUT2D eigenvalue weighted by Crippen LogP contribution is -2.01. The highest BCUT2D eigenvalue weighted by Crippen LogP contribution is 2.49. The highest BCUT2D eigenvalue weighted by molar-refractivity contribution is 6.04. The zero-order valence-electron chi connectivity index (χ0n) is 16.6. The number of benzene rings is 3. The number of aromatic amines is 1. The molecular formula is C26H20FN3. The van der Waals surface area contributed by atoms with Gasteiger partial charge in [0, 0.05) is 5.56 Å². The number of aromatic nitrogens is 2. The number of hydrogen-bond acceptors (Lipinski definition) is 2. The number of hydrogen-bond donors (Lipinski definition) is 1. The van der Waals surface area contributed by atoms with Gasteiger partial charge in [0.05, 0.1) is 16.5 Å². The largest absolute Gasteiger partial charge is 0.252 e. The maximum absolute atomic E-state index is 14.5. The Morgan fingerprint density at radius 2 is 1.73 bits per heavy atom. The van der Waals surface area contributed by atoms with E-state index in [1.54, 1.807) is 6.07 Å². The standard InChI is InChI=1S/C26H20FN3/c1-16-7-5-6-10-19(16)23(18-11-12-18)24(17-8-3-2-4-9-17)20-13-14-22-25(21(20)15-28)26(27)30-29-22/h2-10,13-14,18H,11-12H2,1H3,(H,29,30)/b24-23+. The minimum Gasteiger partial charge on any atom is -0.252 e. The average Bonchev–Trinajstić information content (AvgIpc) is 3.55. The van der Waals surface area contributed by atoms with Crippen LogP contribution in [0, 0.1) is 30.1 Å². The fourth-order valence-corrected chi connectivity index (χ4v) is 4.26. The highest BCUT2D eigenvalue weighted by Gasteiger charge is 2.32. The Morgan fingerprint density at radius 3 is 2.43 bits per heavy atom. The molecule has 1 fully saturated rings. The predicted molar refractivity (Wildman–Crippen MR) is 117 cm³/mol. The third-order valence-corrected chi connectivity index (χ3v) is 5.81. The van der Waals surface area contributed by atoms with Crippen molar-refractivity contribution in [1.29, 1.82) is 5.26 Å². The normalized spacial score (nSPS) is 14.4. The molecule has 1 heterocycles. The monoisotopic (exact) mass is 393 g/mol. The lowest BCUT2D eigenvalue weighted by atomic mass is 9.83. The van der Waals surface area contributed by atoms with Crippen molar-refractivity contribution in [2.24, 2.45) is 5.92 Å². The molecule has 0 saturated heterocycles. The summed E-state index contributed by atoms with van der Waals surface area (Å²) < 4.78 is 14.5. The molecule has 146 valence electrons. The summed E-state index contributed by atoms with van der Waals surface area (Å²) >= 11 is 0. The number of aryl methyl sites for hydroxylation is 1. The van der Waals surface area contributed by atoms with Gasteiger partial charge in [-0.1, -0.05) is 60.7 Å². The van der Waals surface area contributed by atoms with E-state index in [0.717, 1.165) is 29.5 Å². The van der Waals surface area contributed by atoms with E-state index >= 15 is 0 Å². The molecule has 0 spiro atoms. The fourth-order valence-electron chi connectivity index (χ4n) is 4.26. The summed E-state index contributed by atoms with van der Waals surface area (Å²) in [6.45, 7) is 2.12. The molecule has 3 aromatic carbocycles. The van der Waals surface area contributed by atoms with Crippen LogP contribution in [-0.2, 0) is 0 Å². The molecular weight excluding hydrogens is 373 g/mol. The second-order valence-corrected chi connectivity index (χ2v) is 7.78. The predicted octanol–water partition coefficient (Wildman–Crippen LogP) is 6.25. The molecule has 1 aliphatic carbocycles. The maximum Gasteiger partial charge on any atom is 0.218 e. The molecule has 0 radical (unpaired) electrons. The van der Waals surface area contributed by atoms with Crippen LogP contribution in [0.5, 0.6) is 0 Å². The van der Waals surface area contributed by atoms with Gasteiger partial charge in [0.25, 0.3) is 0 Å². The van der Waals surface area contributed by atoms with Crippen molar-refractivity contribution in [3.05, 3.63) is 100 Å². The van der Waals surface area contributed by atoms with E-state index in [-0.39, 0.29) is 5.39 Å². The van der Waals surface area contributed by atoms with Gasteiger partial charge in [-0.15, -0.1) is 0 Å². The number of rotatable bonds is 4. The highest BCUT2D eigenvalue weighted by atomic mass is 19.1. The summed E-state index contributed by atoms with van der Waals surface area (Å²) in [5.41, 5.74) is 7.19. The van der Waals surface area contributed by atoms with Crippen LogP contribution in [0.3, 0.4) is 0 Å². The summed E-state index contributed by atoms with van der Waals surface area (Å²) in [7, 11) is 0. The number of fused-ring (bicyclic) bond motifs is 1. The molecule has 0 bridgehead atoms. The molecule has 0 unspecified atom stereocenters. The molecule has 0 amide bonds. The first-order chi connectivity index (χ1) is 14.7. The van der Waals surface area contributed by atoms with Crippen molar-refractivity contribution >= 4 is 22.0 Å². The first-order valence-electron chi connectivity index (χ1n) is 10.1. The Hall–Kier alpha value is -3.71. The topological polar surface area (TPSA) is 52.5 Å². The number of nitriles is 1. The van der Waals surface area contributed by atoms with Gasteiger partial charge in [0.2, 0.25) is 5.95 Å². The SMILES string of the molecule is Cc1ccccc1/C(=C(\c1ccccc1)c1ccc2n[nH]c(F)c2c1C#N)C1CC1. The van der Waals surface area contributed by atoms with Crippen molar-refractivity contribution in [3.8, 4) is 6.07 Å². The number of allylic oxidation sites excluding steroid dienone is 1. The number of nitrogens with zero attached hydrogens (tertiary/aromatic N) is 2. The zero-order valence-corrected chi connectivity index (χ0v) is 16.6. The van der Waals surface area contributed by atoms with Gasteiger partial charge in [-0.2, -0.15) is 14.8 Å². The first-order valence-corrected chi connectivity index (χ1v) is 10.1. The van der Waals surface area contributed by atoms with Crippen LogP contribution >= 0.6 is 0 Å². The van der Waals surface area contributed by atoms with Gasteiger partial charge in [0.1, 0.15) is 6.07 Å². The summed E-state index contributed by atoms with van der Waals surface area (Å²) in [4.78, 5) is 0. The number of halogens is 1. The molecule has 1 aromatic heterocycles. The van der Waals surface area contributed by atoms with Crippen molar-refractivity contribution < 1.29 is 4.39 Å². The molecule has 0 atom stereocenters. The molecule has 1 N–H and O–H groups in total. The molecule has 5 rings (SSSR count). The van der Waals surface area contributed by atoms with Crippen LogP contribution in [0.4, 0.5) is 4.39 Å². The van der Waals surface area contributed by atoms with Crippen LogP contribution in [0.2, 0.25) is 0 Å². The smallest absolute Gasteiger partial charge is 0.218 e. The van der Waals surface area contributed by atoms with Crippen molar-refractivity contribution in [2.45, 2.75) is 19.8 Å². The second-order valence-electron chi connectivity index (χ2n) is 7.78. The van der Waals surface area contributed by atoms with Gasteiger partial charge in [-0.05, 0) is 59.6 Å². The van der Waals surface area contributed by atoms with Gasteiger partial charge in [-0.3, -0.25) is 5.10 Å². The van der Waals surface area contributed by atoms with Gasteiger partial charge >= 0.3 is 0 Å². The summed E-state index contributed by atoms with van der Waals surface area (Å²) in [5, 5.41) is 16.7. The van der Waals surface area contributed by atoms with Crippen LogP contribution < -0.4 is 0 Å². The van der Waals surface area contributed by atoms with Crippen LogP contribution in [0.25, 0.3) is 22.0 Å². The van der Waals surface area contributed by atoms with E-state index in [4.69, 9.17) is 0 Å². The fraction of sp³-hybridized carbons (Fsp3) is 0.154. The third-order valence-electron chi connectivity index (χ3n) is 5.81. The molecule has 1 saturated carbocycles. The van der Waals surface area contributed by atoms with Crippen LogP contribution in [0.15, 0.2) is 66.7 Å². The average molecular weight is 393 g/mol. The Balaban J connectivity index is 1.91. The summed E-state index contributed by atoms with van der Waals surface area (Å²) in [6.07, 6.45) is 2.23. The summed E-state index contributed by atoms with van der Waals surface area (Å²) in [5.74, 6) is -0.141. The molecule has 3 nitrogen and oxygen atoms in total. The minimum atomic E-state index is -0.570. The lowest BCUT2D eigenvalue weighted by Gasteiger charge is -2.19. The van der Waals surface area contributed by atoms with E-state index in [1.165, 1.54) is 16.7 Å². The maximum atomic E-state index is 14.5. The number of H-pyrrole nitrogens is 1. The number of nitrogens with one attached hydrogen (secondary N) is 1. The van der Waals surface area contributed by atoms with Gasteiger partial charge < -0.3 is 0 Å². The van der Waals surface area contributed by atoms with Crippen LogP contribution in [-0.4, -0.2) is 10.2 Å². The molecule has 30 heavy (non-hydrogen) atoms. The van der Waals surface area contributed by atoms with E-state index in [1.807, 2.05) is 30.3 Å². The van der Waals surface area contributed by atoms with E-state index in [2.05, 4.69) is 53.5 Å². The molecule has 1 aliphatic rings. The molecule has 0 aliphatic heterocycles.